The molecule has 1 saturated carbocycles. The Bertz CT molecular complexity index is 362. The lowest BCUT2D eigenvalue weighted by Gasteiger charge is -2.08. The summed E-state index contributed by atoms with van der Waals surface area (Å²) in [6.07, 6.45) is 5.37. The van der Waals surface area contributed by atoms with Gasteiger partial charge in [-0.15, -0.1) is 0 Å². The summed E-state index contributed by atoms with van der Waals surface area (Å²) in [6.45, 7) is 3.82. The van der Waals surface area contributed by atoms with Crippen molar-refractivity contribution >= 4 is 17.6 Å². The van der Waals surface area contributed by atoms with Gasteiger partial charge < -0.3 is 16.4 Å². The lowest BCUT2D eigenvalue weighted by Crippen LogP contribution is -2.08. The molecule has 0 amide bonds. The van der Waals surface area contributed by atoms with Crippen LogP contribution in [0.2, 0.25) is 0 Å². The average molecular weight is 235 g/mol. The molecule has 0 atom stereocenters. The molecular weight excluding hydrogens is 214 g/mol. The molecule has 17 heavy (non-hydrogen) atoms. The van der Waals surface area contributed by atoms with Gasteiger partial charge in [0.05, 0.1) is 0 Å². The second-order valence-electron chi connectivity index (χ2n) is 4.54. The number of nitrogens with one attached hydrogen (secondary N) is 2. The number of rotatable bonds is 7. The second-order valence-corrected chi connectivity index (χ2v) is 4.54. The van der Waals surface area contributed by atoms with Crippen molar-refractivity contribution in [3.63, 3.8) is 0 Å². The molecule has 1 aliphatic carbocycles. The smallest absolute Gasteiger partial charge is 0.223 e. The van der Waals surface area contributed by atoms with Gasteiger partial charge in [0.2, 0.25) is 5.95 Å². The molecular formula is C12H21N5. The van der Waals surface area contributed by atoms with E-state index in [2.05, 4.69) is 20.6 Å². The predicted molar refractivity (Wildman–Crippen MR) is 71.1 cm³/mol. The molecule has 0 saturated heterocycles. The third-order valence-corrected chi connectivity index (χ3v) is 2.89. The predicted octanol–water partition coefficient (Wildman–Crippen LogP) is 2.09. The Labute approximate surface area is 102 Å². The van der Waals surface area contributed by atoms with Crippen LogP contribution in [0.5, 0.6) is 0 Å². The summed E-state index contributed by atoms with van der Waals surface area (Å²) in [4.78, 5) is 8.27. The molecule has 0 radical (unpaired) electrons. The maximum absolute atomic E-state index is 5.65. The van der Waals surface area contributed by atoms with Crippen molar-refractivity contribution in [2.75, 3.05) is 29.5 Å². The van der Waals surface area contributed by atoms with E-state index in [9.17, 15) is 0 Å². The van der Waals surface area contributed by atoms with Crippen molar-refractivity contribution in [1.82, 2.24) is 9.97 Å². The third kappa shape index (κ3) is 4.09. The van der Waals surface area contributed by atoms with Crippen molar-refractivity contribution in [1.29, 1.82) is 0 Å². The van der Waals surface area contributed by atoms with Gasteiger partial charge in [0.1, 0.15) is 11.6 Å². The van der Waals surface area contributed by atoms with E-state index in [4.69, 9.17) is 5.73 Å². The molecule has 1 aliphatic rings. The van der Waals surface area contributed by atoms with Gasteiger partial charge in [-0.2, -0.15) is 9.97 Å². The van der Waals surface area contributed by atoms with Crippen molar-refractivity contribution in [2.45, 2.75) is 32.6 Å². The Morgan fingerprint density at radius 2 is 2.00 bits per heavy atom. The van der Waals surface area contributed by atoms with Gasteiger partial charge in [-0.1, -0.05) is 12.8 Å². The fourth-order valence-electron chi connectivity index (χ4n) is 1.84. The van der Waals surface area contributed by atoms with Crippen LogP contribution in [0.4, 0.5) is 17.6 Å². The van der Waals surface area contributed by atoms with E-state index in [1.165, 1.54) is 25.7 Å². The molecule has 94 valence electrons. The summed E-state index contributed by atoms with van der Waals surface area (Å²) >= 11 is 0. The first-order chi connectivity index (χ1) is 8.28. The Morgan fingerprint density at radius 1 is 1.29 bits per heavy atom. The maximum atomic E-state index is 5.65. The van der Waals surface area contributed by atoms with Crippen LogP contribution in [-0.2, 0) is 0 Å². The van der Waals surface area contributed by atoms with Gasteiger partial charge in [-0.3, -0.25) is 0 Å². The van der Waals surface area contributed by atoms with Gasteiger partial charge in [-0.25, -0.2) is 0 Å². The molecule has 0 bridgehead atoms. The highest BCUT2D eigenvalue weighted by molar-refractivity contribution is 5.50. The Morgan fingerprint density at radius 3 is 2.65 bits per heavy atom. The zero-order valence-corrected chi connectivity index (χ0v) is 10.4. The van der Waals surface area contributed by atoms with E-state index in [0.717, 1.165) is 30.6 Å². The highest BCUT2D eigenvalue weighted by Crippen LogP contribution is 2.33. The second kappa shape index (κ2) is 5.70. The number of nitrogens with two attached hydrogens (primary N) is 1. The van der Waals surface area contributed by atoms with Gasteiger partial charge in [0.25, 0.3) is 0 Å². The number of nitrogen functional groups attached to an aromatic ring is 1. The van der Waals surface area contributed by atoms with E-state index in [1.807, 2.05) is 13.0 Å². The lowest BCUT2D eigenvalue weighted by atomic mass is 10.2. The summed E-state index contributed by atoms with van der Waals surface area (Å²) in [5.41, 5.74) is 5.65. The summed E-state index contributed by atoms with van der Waals surface area (Å²) in [5.74, 6) is 2.90. The van der Waals surface area contributed by atoms with Crippen LogP contribution in [0.15, 0.2) is 6.07 Å². The van der Waals surface area contributed by atoms with Crippen molar-refractivity contribution in [3.05, 3.63) is 6.07 Å². The van der Waals surface area contributed by atoms with Crippen LogP contribution in [0.1, 0.15) is 32.6 Å². The zero-order valence-electron chi connectivity index (χ0n) is 10.4. The summed E-state index contributed by atoms with van der Waals surface area (Å²) < 4.78 is 0. The molecule has 0 unspecified atom stereocenters. The SMILES string of the molecule is CCNc1cc(NCCCC2CC2)nc(N)n1. The van der Waals surface area contributed by atoms with E-state index in [0.29, 0.717) is 5.95 Å². The first kappa shape index (κ1) is 12.0. The fourth-order valence-corrected chi connectivity index (χ4v) is 1.84. The largest absolute Gasteiger partial charge is 0.370 e. The lowest BCUT2D eigenvalue weighted by molar-refractivity contribution is 0.686. The molecule has 1 aromatic rings. The van der Waals surface area contributed by atoms with Crippen LogP contribution in [0, 0.1) is 5.92 Å². The van der Waals surface area contributed by atoms with E-state index in [-0.39, 0.29) is 0 Å². The number of aromatic nitrogens is 2. The molecule has 5 heteroatoms. The average Bonchev–Trinajstić information content (AvgIpc) is 3.08. The Hall–Kier alpha value is -1.52. The monoisotopic (exact) mass is 235 g/mol. The van der Waals surface area contributed by atoms with Gasteiger partial charge in [0, 0.05) is 19.2 Å². The van der Waals surface area contributed by atoms with Gasteiger partial charge in [-0.05, 0) is 25.7 Å². The molecule has 1 aromatic heterocycles. The first-order valence-electron chi connectivity index (χ1n) is 6.40. The normalized spacial score (nSPS) is 14.6. The maximum Gasteiger partial charge on any atom is 0.223 e. The Balaban J connectivity index is 1.80. The molecule has 0 aliphatic heterocycles. The number of hydrogen-bond donors (Lipinski definition) is 3. The number of nitrogens with zero attached hydrogens (tertiary/aromatic N) is 2. The molecule has 5 nitrogen and oxygen atoms in total. The highest BCUT2D eigenvalue weighted by Gasteiger charge is 2.19. The van der Waals surface area contributed by atoms with Crippen molar-refractivity contribution < 1.29 is 0 Å². The molecule has 2 rings (SSSR count). The zero-order chi connectivity index (χ0) is 12.1. The third-order valence-electron chi connectivity index (χ3n) is 2.89. The summed E-state index contributed by atoms with van der Waals surface area (Å²) in [5, 5.41) is 6.43. The van der Waals surface area contributed by atoms with E-state index >= 15 is 0 Å². The first-order valence-corrected chi connectivity index (χ1v) is 6.40. The topological polar surface area (TPSA) is 75.9 Å². The summed E-state index contributed by atoms with van der Waals surface area (Å²) in [7, 11) is 0. The number of anilines is 3. The summed E-state index contributed by atoms with van der Waals surface area (Å²) in [6, 6.07) is 1.90. The quantitative estimate of drug-likeness (QED) is 0.631. The minimum absolute atomic E-state index is 0.313. The standard InChI is InChI=1S/C12H21N5/c1-2-14-10-8-11(17-12(13)16-10)15-7-3-4-9-5-6-9/h8-9H,2-7H2,1H3,(H4,13,14,15,16,17). The van der Waals surface area contributed by atoms with Crippen molar-refractivity contribution in [2.24, 2.45) is 5.92 Å². The number of hydrogen-bond acceptors (Lipinski definition) is 5. The van der Waals surface area contributed by atoms with E-state index < -0.39 is 0 Å². The Kier molecular flexibility index (Phi) is 4.01. The molecule has 1 heterocycles. The van der Waals surface area contributed by atoms with E-state index in [1.54, 1.807) is 0 Å². The minimum atomic E-state index is 0.313. The molecule has 4 N–H and O–H groups in total. The molecule has 1 fully saturated rings. The van der Waals surface area contributed by atoms with Gasteiger partial charge in [0.15, 0.2) is 0 Å². The molecule has 0 spiro atoms. The minimum Gasteiger partial charge on any atom is -0.370 e. The van der Waals surface area contributed by atoms with Crippen LogP contribution in [-0.4, -0.2) is 23.1 Å². The van der Waals surface area contributed by atoms with Crippen LogP contribution >= 0.6 is 0 Å². The molecule has 0 aromatic carbocycles. The van der Waals surface area contributed by atoms with Crippen LogP contribution in [0.25, 0.3) is 0 Å². The van der Waals surface area contributed by atoms with Crippen molar-refractivity contribution in [3.8, 4) is 0 Å². The fraction of sp³-hybridized carbons (Fsp3) is 0.667. The van der Waals surface area contributed by atoms with Gasteiger partial charge >= 0.3 is 0 Å². The van der Waals surface area contributed by atoms with Crippen LogP contribution < -0.4 is 16.4 Å². The van der Waals surface area contributed by atoms with Crippen LogP contribution in [0.3, 0.4) is 0 Å². The highest BCUT2D eigenvalue weighted by atomic mass is 15.1.